The average Bonchev–Trinajstić information content (AvgIpc) is 2.49. The number of nitrogens with one attached hydrogen (secondary N) is 1. The van der Waals surface area contributed by atoms with Crippen molar-refractivity contribution in [3.63, 3.8) is 0 Å². The lowest BCUT2D eigenvalue weighted by Gasteiger charge is -2.20. The van der Waals surface area contributed by atoms with Crippen molar-refractivity contribution in [3.05, 3.63) is 26.9 Å². The topological polar surface area (TPSA) is 114 Å². The van der Waals surface area contributed by atoms with Crippen molar-refractivity contribution in [2.75, 3.05) is 6.61 Å². The number of ether oxygens (including phenoxy) is 2. The van der Waals surface area contributed by atoms with Gasteiger partial charge in [-0.1, -0.05) is 0 Å². The third-order valence-electron chi connectivity index (χ3n) is 2.93. The van der Waals surface area contributed by atoms with E-state index in [0.717, 1.165) is 10.6 Å². The Morgan fingerprint density at radius 3 is 2.88 bits per heavy atom. The minimum atomic E-state index is -1.23. The van der Waals surface area contributed by atoms with Crippen LogP contribution in [0.15, 0.2) is 15.7 Å². The number of hydrogen-bond acceptors (Lipinski definition) is 6. The lowest BCUT2D eigenvalue weighted by Crippen LogP contribution is -2.41. The van der Waals surface area contributed by atoms with Gasteiger partial charge in [-0.15, -0.1) is 0 Å². The lowest BCUT2D eigenvalue weighted by molar-refractivity contribution is -0.0337. The maximum absolute atomic E-state index is 11.6. The molecule has 17 heavy (non-hydrogen) atoms. The van der Waals surface area contributed by atoms with Gasteiger partial charge >= 0.3 is 5.69 Å². The number of fused-ring (bicyclic) bond motifs is 4. The van der Waals surface area contributed by atoms with E-state index >= 15 is 0 Å². The van der Waals surface area contributed by atoms with Gasteiger partial charge in [-0.05, 0) is 0 Å². The minimum Gasteiger partial charge on any atom is -0.476 e. The van der Waals surface area contributed by atoms with Crippen molar-refractivity contribution < 1.29 is 19.7 Å². The van der Waals surface area contributed by atoms with Gasteiger partial charge in [0.15, 0.2) is 6.23 Å². The molecule has 1 saturated heterocycles. The molecule has 3 heterocycles. The monoisotopic (exact) mass is 242 g/mol. The Bertz CT molecular complexity index is 563. The summed E-state index contributed by atoms with van der Waals surface area (Å²) in [6.07, 6.45) is -4.11. The van der Waals surface area contributed by atoms with Gasteiger partial charge in [0.05, 0.1) is 6.07 Å². The normalized spacial score (nSPS) is 34.9. The zero-order valence-electron chi connectivity index (χ0n) is 8.57. The van der Waals surface area contributed by atoms with Crippen LogP contribution >= 0.6 is 0 Å². The number of aliphatic hydroxyl groups is 2. The molecule has 0 saturated carbocycles. The van der Waals surface area contributed by atoms with Gasteiger partial charge in [-0.25, -0.2) is 9.36 Å². The fourth-order valence-electron chi connectivity index (χ4n) is 2.08. The average molecular weight is 242 g/mol. The molecule has 0 aliphatic carbocycles. The van der Waals surface area contributed by atoms with Crippen LogP contribution in [0.2, 0.25) is 0 Å². The first-order valence-corrected chi connectivity index (χ1v) is 5.08. The molecule has 0 radical (unpaired) electrons. The van der Waals surface area contributed by atoms with Crippen molar-refractivity contribution in [1.29, 1.82) is 0 Å². The van der Waals surface area contributed by atoms with Crippen LogP contribution in [0, 0.1) is 0 Å². The SMILES string of the molecule is O=c1cc2n(c(=O)[nH]1)C1O[C@@H](CO2)[C@@H](O)[C@H]1O. The van der Waals surface area contributed by atoms with E-state index < -0.39 is 35.8 Å². The second-order valence-electron chi connectivity index (χ2n) is 4.00. The Morgan fingerprint density at radius 2 is 2.12 bits per heavy atom. The second-order valence-corrected chi connectivity index (χ2v) is 4.00. The highest BCUT2D eigenvalue weighted by Gasteiger charge is 2.47. The third-order valence-corrected chi connectivity index (χ3v) is 2.93. The van der Waals surface area contributed by atoms with Crippen LogP contribution in [0.4, 0.5) is 0 Å². The highest BCUT2D eigenvalue weighted by Crippen LogP contribution is 2.33. The predicted molar refractivity (Wildman–Crippen MR) is 52.7 cm³/mol. The first-order valence-electron chi connectivity index (χ1n) is 5.08. The second kappa shape index (κ2) is 3.42. The number of aromatic nitrogens is 2. The molecule has 1 aromatic heterocycles. The summed E-state index contributed by atoms with van der Waals surface area (Å²) < 4.78 is 11.5. The Kier molecular flexibility index (Phi) is 2.12. The standard InChI is InChI=1S/C9H10N2O6/c12-4-1-5-11(9(15)10-4)8-7(14)6(13)3(17-8)2-16-5/h1,3,6-8,13-14H,2H2,(H,10,12,15)/t3-,6+,7+,8?/m0/s1. The molecule has 3 N–H and O–H groups in total. The molecule has 1 unspecified atom stereocenters. The lowest BCUT2D eigenvalue weighted by atomic mass is 10.1. The number of hydrogen-bond donors (Lipinski definition) is 3. The molecular formula is C9H10N2O6. The van der Waals surface area contributed by atoms with E-state index in [-0.39, 0.29) is 12.5 Å². The number of rotatable bonds is 0. The summed E-state index contributed by atoms with van der Waals surface area (Å²) in [5.41, 5.74) is -1.33. The Balaban J connectivity index is 2.20. The van der Waals surface area contributed by atoms with Crippen molar-refractivity contribution >= 4 is 0 Å². The van der Waals surface area contributed by atoms with E-state index in [1.165, 1.54) is 0 Å². The number of H-pyrrole nitrogens is 1. The van der Waals surface area contributed by atoms with Gasteiger partial charge in [0.1, 0.15) is 24.9 Å². The van der Waals surface area contributed by atoms with E-state index in [1.54, 1.807) is 0 Å². The van der Waals surface area contributed by atoms with Gasteiger partial charge < -0.3 is 19.7 Å². The van der Waals surface area contributed by atoms with E-state index in [1.807, 2.05) is 4.98 Å². The molecule has 4 atom stereocenters. The fraction of sp³-hybridized carbons (Fsp3) is 0.556. The molecule has 0 spiro atoms. The molecule has 1 aromatic rings. The quantitative estimate of drug-likeness (QED) is 0.465. The number of aromatic amines is 1. The van der Waals surface area contributed by atoms with Crippen molar-refractivity contribution in [2.45, 2.75) is 24.5 Å². The van der Waals surface area contributed by atoms with Gasteiger partial charge in [-0.2, -0.15) is 0 Å². The van der Waals surface area contributed by atoms with Crippen LogP contribution in [0.25, 0.3) is 0 Å². The Hall–Kier alpha value is -1.64. The summed E-state index contributed by atoms with van der Waals surface area (Å²) in [6, 6.07) is 1.10. The van der Waals surface area contributed by atoms with Crippen molar-refractivity contribution in [2.24, 2.45) is 0 Å². The summed E-state index contributed by atoms with van der Waals surface area (Å²) in [7, 11) is 0. The molecular weight excluding hydrogens is 232 g/mol. The molecule has 2 bridgehead atoms. The molecule has 0 aromatic carbocycles. The van der Waals surface area contributed by atoms with Crippen LogP contribution in [0.3, 0.4) is 0 Å². The molecule has 3 rings (SSSR count). The molecule has 92 valence electrons. The minimum absolute atomic E-state index is 0.0252. The van der Waals surface area contributed by atoms with Crippen molar-refractivity contribution in [3.8, 4) is 5.88 Å². The highest BCUT2D eigenvalue weighted by atomic mass is 16.6. The Labute approximate surface area is 94.0 Å². The van der Waals surface area contributed by atoms with Crippen molar-refractivity contribution in [1.82, 2.24) is 9.55 Å². The number of aliphatic hydroxyl groups excluding tert-OH is 2. The van der Waals surface area contributed by atoms with Crippen LogP contribution < -0.4 is 16.0 Å². The first-order chi connectivity index (χ1) is 8.08. The van der Waals surface area contributed by atoms with E-state index in [2.05, 4.69) is 0 Å². The Morgan fingerprint density at radius 1 is 1.35 bits per heavy atom. The maximum atomic E-state index is 11.6. The predicted octanol–water partition coefficient (Wildman–Crippen LogP) is -2.45. The van der Waals surface area contributed by atoms with Gasteiger partial charge in [-0.3, -0.25) is 9.78 Å². The summed E-state index contributed by atoms with van der Waals surface area (Å²) in [5, 5.41) is 19.4. The van der Waals surface area contributed by atoms with Gasteiger partial charge in [0.2, 0.25) is 5.88 Å². The van der Waals surface area contributed by atoms with Crippen LogP contribution in [-0.2, 0) is 4.74 Å². The van der Waals surface area contributed by atoms with E-state index in [4.69, 9.17) is 9.47 Å². The van der Waals surface area contributed by atoms with Gasteiger partial charge in [0, 0.05) is 0 Å². The van der Waals surface area contributed by atoms with Gasteiger partial charge in [0.25, 0.3) is 5.56 Å². The van der Waals surface area contributed by atoms with E-state index in [0.29, 0.717) is 0 Å². The number of nitrogens with zero attached hydrogens (tertiary/aromatic N) is 1. The zero-order chi connectivity index (χ0) is 12.2. The molecule has 8 heteroatoms. The summed E-state index contributed by atoms with van der Waals surface area (Å²) in [6.45, 7) is -0.0301. The van der Waals surface area contributed by atoms with Crippen LogP contribution in [-0.4, -0.2) is 44.7 Å². The highest BCUT2D eigenvalue weighted by molar-refractivity contribution is 5.13. The maximum Gasteiger partial charge on any atom is 0.333 e. The fourth-order valence-corrected chi connectivity index (χ4v) is 2.08. The smallest absolute Gasteiger partial charge is 0.333 e. The first kappa shape index (κ1) is 10.5. The largest absolute Gasteiger partial charge is 0.476 e. The molecule has 2 aliphatic heterocycles. The molecule has 1 fully saturated rings. The van der Waals surface area contributed by atoms with E-state index in [9.17, 15) is 19.8 Å². The van der Waals surface area contributed by atoms with Crippen LogP contribution in [0.1, 0.15) is 6.23 Å². The molecule has 0 amide bonds. The zero-order valence-corrected chi connectivity index (χ0v) is 8.57. The molecule has 2 aliphatic rings. The molecule has 8 nitrogen and oxygen atoms in total. The summed E-state index contributed by atoms with van der Waals surface area (Å²) in [5.74, 6) is 0.0252. The third kappa shape index (κ3) is 1.42. The summed E-state index contributed by atoms with van der Waals surface area (Å²) >= 11 is 0. The van der Waals surface area contributed by atoms with Crippen LogP contribution in [0.5, 0.6) is 5.88 Å². The summed E-state index contributed by atoms with van der Waals surface area (Å²) in [4.78, 5) is 24.8.